The summed E-state index contributed by atoms with van der Waals surface area (Å²) in [7, 11) is 1.64. The van der Waals surface area contributed by atoms with E-state index in [4.69, 9.17) is 16.3 Å². The van der Waals surface area contributed by atoms with Gasteiger partial charge in [-0.15, -0.1) is 23.4 Å². The highest BCUT2D eigenvalue weighted by Crippen LogP contribution is 2.40. The molecule has 1 amide bonds. The van der Waals surface area contributed by atoms with E-state index in [1.165, 1.54) is 4.90 Å². The van der Waals surface area contributed by atoms with Crippen LogP contribution in [0.1, 0.15) is 11.5 Å². The summed E-state index contributed by atoms with van der Waals surface area (Å²) in [4.78, 5) is 15.6. The van der Waals surface area contributed by atoms with E-state index in [-0.39, 0.29) is 11.8 Å². The van der Waals surface area contributed by atoms with Gasteiger partial charge >= 0.3 is 0 Å². The SMILES string of the molecule is COCCN(CCCl)C(=O)C1CSc2ccccc21. The second-order valence-electron chi connectivity index (χ2n) is 4.41. The first kappa shape index (κ1) is 14.7. The largest absolute Gasteiger partial charge is 0.383 e. The highest BCUT2D eigenvalue weighted by atomic mass is 35.5. The van der Waals surface area contributed by atoms with Crippen LogP contribution < -0.4 is 0 Å². The lowest BCUT2D eigenvalue weighted by molar-refractivity contribution is -0.132. The number of methoxy groups -OCH3 is 1. The average molecular weight is 300 g/mol. The number of carbonyl (C=O) groups excluding carboxylic acids is 1. The number of carbonyl (C=O) groups is 1. The first-order chi connectivity index (χ1) is 9.27. The molecule has 19 heavy (non-hydrogen) atoms. The van der Waals surface area contributed by atoms with Crippen molar-refractivity contribution in [1.82, 2.24) is 4.90 Å². The van der Waals surface area contributed by atoms with Crippen molar-refractivity contribution in [1.29, 1.82) is 0 Å². The molecule has 0 spiro atoms. The van der Waals surface area contributed by atoms with Gasteiger partial charge in [-0.2, -0.15) is 0 Å². The number of nitrogens with zero attached hydrogens (tertiary/aromatic N) is 1. The number of thioether (sulfide) groups is 1. The summed E-state index contributed by atoms with van der Waals surface area (Å²) >= 11 is 7.54. The normalized spacial score (nSPS) is 17.3. The monoisotopic (exact) mass is 299 g/mol. The molecule has 0 bridgehead atoms. The maximum Gasteiger partial charge on any atom is 0.231 e. The lowest BCUT2D eigenvalue weighted by Crippen LogP contribution is -2.38. The van der Waals surface area contributed by atoms with Crippen LogP contribution in [-0.4, -0.2) is 49.2 Å². The third-order valence-electron chi connectivity index (χ3n) is 3.23. The Kier molecular flexibility index (Phi) is 5.55. The van der Waals surface area contributed by atoms with Crippen molar-refractivity contribution in [3.63, 3.8) is 0 Å². The predicted molar refractivity (Wildman–Crippen MR) is 79.1 cm³/mol. The number of hydrogen-bond donors (Lipinski definition) is 0. The fourth-order valence-electron chi connectivity index (χ4n) is 2.22. The summed E-state index contributed by atoms with van der Waals surface area (Å²) in [5.74, 6) is 1.40. The summed E-state index contributed by atoms with van der Waals surface area (Å²) < 4.78 is 5.06. The standard InChI is InChI=1S/C14H18ClNO2S/c1-18-9-8-16(7-6-15)14(17)12-10-19-13-5-3-2-4-11(12)13/h2-5,12H,6-10H2,1H3. The summed E-state index contributed by atoms with van der Waals surface area (Å²) in [6, 6.07) is 8.13. The van der Waals surface area contributed by atoms with Gasteiger partial charge in [-0.25, -0.2) is 0 Å². The van der Waals surface area contributed by atoms with E-state index >= 15 is 0 Å². The molecule has 104 valence electrons. The Bertz CT molecular complexity index is 441. The van der Waals surface area contributed by atoms with Crippen LogP contribution in [0.15, 0.2) is 29.2 Å². The summed E-state index contributed by atoms with van der Waals surface area (Å²) in [6.07, 6.45) is 0. The number of hydrogen-bond acceptors (Lipinski definition) is 3. The lowest BCUT2D eigenvalue weighted by Gasteiger charge is -2.24. The van der Waals surface area contributed by atoms with Gasteiger partial charge in [0.25, 0.3) is 0 Å². The third kappa shape index (κ3) is 3.44. The van der Waals surface area contributed by atoms with Crippen molar-refractivity contribution in [3.8, 4) is 0 Å². The minimum Gasteiger partial charge on any atom is -0.383 e. The maximum absolute atomic E-state index is 12.6. The molecule has 3 nitrogen and oxygen atoms in total. The fourth-order valence-corrected chi connectivity index (χ4v) is 3.65. The Morgan fingerprint density at radius 3 is 3.00 bits per heavy atom. The zero-order chi connectivity index (χ0) is 13.7. The number of fused-ring (bicyclic) bond motifs is 1. The van der Waals surface area contributed by atoms with E-state index in [2.05, 4.69) is 6.07 Å². The Hall–Kier alpha value is -0.710. The van der Waals surface area contributed by atoms with Crippen LogP contribution in [0.3, 0.4) is 0 Å². The van der Waals surface area contributed by atoms with E-state index in [0.717, 1.165) is 11.3 Å². The van der Waals surface area contributed by atoms with Gasteiger partial charge in [0.2, 0.25) is 5.91 Å². The molecule has 1 heterocycles. The molecule has 0 aromatic heterocycles. The van der Waals surface area contributed by atoms with Crippen LogP contribution in [-0.2, 0) is 9.53 Å². The third-order valence-corrected chi connectivity index (χ3v) is 4.58. The molecule has 1 aromatic rings. The molecule has 0 radical (unpaired) electrons. The quantitative estimate of drug-likeness (QED) is 0.756. The zero-order valence-corrected chi connectivity index (χ0v) is 12.5. The van der Waals surface area contributed by atoms with E-state index < -0.39 is 0 Å². The number of rotatable bonds is 6. The Labute approximate surface area is 123 Å². The van der Waals surface area contributed by atoms with Crippen molar-refractivity contribution in [3.05, 3.63) is 29.8 Å². The molecular weight excluding hydrogens is 282 g/mol. The van der Waals surface area contributed by atoms with Crippen LogP contribution in [0.2, 0.25) is 0 Å². The number of amides is 1. The molecule has 0 aliphatic carbocycles. The molecule has 1 unspecified atom stereocenters. The van der Waals surface area contributed by atoms with E-state index in [9.17, 15) is 4.79 Å². The van der Waals surface area contributed by atoms with Gasteiger partial charge in [0.15, 0.2) is 0 Å². The Morgan fingerprint density at radius 2 is 2.26 bits per heavy atom. The van der Waals surface area contributed by atoms with Crippen LogP contribution >= 0.6 is 23.4 Å². The molecule has 1 atom stereocenters. The zero-order valence-electron chi connectivity index (χ0n) is 11.0. The smallest absolute Gasteiger partial charge is 0.231 e. The molecule has 5 heteroatoms. The number of ether oxygens (including phenoxy) is 1. The molecule has 0 saturated heterocycles. The number of benzene rings is 1. The van der Waals surface area contributed by atoms with Gasteiger partial charge in [-0.05, 0) is 11.6 Å². The molecule has 1 aliphatic heterocycles. The van der Waals surface area contributed by atoms with Gasteiger partial charge in [0.1, 0.15) is 0 Å². The molecule has 1 aromatic carbocycles. The molecule has 0 fully saturated rings. The van der Waals surface area contributed by atoms with Gasteiger partial charge in [-0.1, -0.05) is 18.2 Å². The average Bonchev–Trinajstić information content (AvgIpc) is 2.86. The fraction of sp³-hybridized carbons (Fsp3) is 0.500. The van der Waals surface area contributed by atoms with Crippen LogP contribution in [0.25, 0.3) is 0 Å². The van der Waals surface area contributed by atoms with E-state index in [1.807, 2.05) is 23.1 Å². The van der Waals surface area contributed by atoms with Gasteiger partial charge < -0.3 is 9.64 Å². The molecule has 0 N–H and O–H groups in total. The highest BCUT2D eigenvalue weighted by molar-refractivity contribution is 7.99. The van der Waals surface area contributed by atoms with Crippen molar-refractivity contribution in [2.45, 2.75) is 10.8 Å². The second kappa shape index (κ2) is 7.17. The van der Waals surface area contributed by atoms with Crippen molar-refractivity contribution in [2.24, 2.45) is 0 Å². The lowest BCUT2D eigenvalue weighted by atomic mass is 10.00. The maximum atomic E-state index is 12.6. The number of halogens is 1. The van der Waals surface area contributed by atoms with Gasteiger partial charge in [-0.3, -0.25) is 4.79 Å². The van der Waals surface area contributed by atoms with E-state index in [1.54, 1.807) is 18.9 Å². The first-order valence-corrected chi connectivity index (χ1v) is 7.85. The molecule has 0 saturated carbocycles. The highest BCUT2D eigenvalue weighted by Gasteiger charge is 2.31. The van der Waals surface area contributed by atoms with Gasteiger partial charge in [0, 0.05) is 36.7 Å². The molecule has 2 rings (SSSR count). The van der Waals surface area contributed by atoms with Gasteiger partial charge in [0.05, 0.1) is 12.5 Å². The Morgan fingerprint density at radius 1 is 1.47 bits per heavy atom. The minimum atomic E-state index is -0.0405. The molecule has 1 aliphatic rings. The Balaban J connectivity index is 2.10. The van der Waals surface area contributed by atoms with Crippen molar-refractivity contribution in [2.75, 3.05) is 38.4 Å². The van der Waals surface area contributed by atoms with Crippen LogP contribution in [0, 0.1) is 0 Å². The van der Waals surface area contributed by atoms with E-state index in [0.29, 0.717) is 25.6 Å². The van der Waals surface area contributed by atoms with Crippen molar-refractivity contribution >= 4 is 29.3 Å². The predicted octanol–water partition coefficient (Wildman–Crippen LogP) is 2.59. The van der Waals surface area contributed by atoms with Crippen LogP contribution in [0.4, 0.5) is 0 Å². The first-order valence-electron chi connectivity index (χ1n) is 6.33. The topological polar surface area (TPSA) is 29.5 Å². The number of alkyl halides is 1. The molecular formula is C14H18ClNO2S. The van der Waals surface area contributed by atoms with Crippen molar-refractivity contribution < 1.29 is 9.53 Å². The summed E-state index contributed by atoms with van der Waals surface area (Å²) in [5, 5.41) is 0. The minimum absolute atomic E-state index is 0.0405. The second-order valence-corrected chi connectivity index (χ2v) is 5.85. The summed E-state index contributed by atoms with van der Waals surface area (Å²) in [5.41, 5.74) is 1.15. The van der Waals surface area contributed by atoms with Crippen LogP contribution in [0.5, 0.6) is 0 Å². The summed E-state index contributed by atoms with van der Waals surface area (Å²) in [6.45, 7) is 1.72.